The molecule has 3 amide bonds. The summed E-state index contributed by atoms with van der Waals surface area (Å²) >= 11 is 0. The van der Waals surface area contributed by atoms with E-state index in [1.54, 1.807) is 4.90 Å². The lowest BCUT2D eigenvalue weighted by atomic mass is 9.85. The molecule has 4 atom stereocenters. The molecule has 1 unspecified atom stereocenters. The monoisotopic (exact) mass is 473 g/mol. The lowest BCUT2D eigenvalue weighted by Gasteiger charge is -2.50. The topological polar surface area (TPSA) is 79.0 Å². The van der Waals surface area contributed by atoms with Gasteiger partial charge in [0.1, 0.15) is 17.9 Å². The maximum absolute atomic E-state index is 13.0. The molecule has 0 bridgehead atoms. The molecule has 0 spiro atoms. The molecule has 1 N–H and O–H groups in total. The molecule has 182 valence electrons. The second kappa shape index (κ2) is 9.11. The van der Waals surface area contributed by atoms with Crippen molar-refractivity contribution in [2.45, 2.75) is 75.7 Å². The number of fused-ring (bicyclic) bond motifs is 1. The van der Waals surface area contributed by atoms with E-state index in [1.807, 2.05) is 18.2 Å². The lowest BCUT2D eigenvalue weighted by molar-refractivity contribution is -0.136. The number of nitrogens with one attached hydrogen (secondary N) is 1. The van der Waals surface area contributed by atoms with Crippen LogP contribution in [0.4, 0.5) is 0 Å². The van der Waals surface area contributed by atoms with Crippen LogP contribution >= 0.6 is 0 Å². The molecule has 1 saturated carbocycles. The number of carbonyl (C=O) groups excluding carboxylic acids is 3. The van der Waals surface area contributed by atoms with Gasteiger partial charge in [-0.2, -0.15) is 0 Å². The van der Waals surface area contributed by atoms with Gasteiger partial charge in [-0.25, -0.2) is 0 Å². The fraction of sp³-hybridized carbons (Fsp3) is 0.464. The first-order valence-electron chi connectivity index (χ1n) is 12.8. The first-order chi connectivity index (χ1) is 17.1. The molecule has 6 rings (SSSR count). The predicted octanol–water partition coefficient (Wildman–Crippen LogP) is 3.58. The van der Waals surface area contributed by atoms with Crippen LogP contribution in [0.2, 0.25) is 0 Å². The van der Waals surface area contributed by atoms with Crippen molar-refractivity contribution in [3.8, 4) is 5.75 Å². The molecule has 0 aromatic heterocycles. The Bertz CT molecular complexity index is 1150. The van der Waals surface area contributed by atoms with Crippen LogP contribution in [0.25, 0.3) is 0 Å². The van der Waals surface area contributed by atoms with Crippen molar-refractivity contribution in [1.82, 2.24) is 15.1 Å². The Labute approximate surface area is 205 Å². The Balaban J connectivity index is 1.17. The highest BCUT2D eigenvalue weighted by Gasteiger charge is 2.42. The largest absolute Gasteiger partial charge is 0.489 e. The number of ether oxygens (including phenoxy) is 1. The summed E-state index contributed by atoms with van der Waals surface area (Å²) in [6, 6.07) is 16.7. The van der Waals surface area contributed by atoms with E-state index >= 15 is 0 Å². The zero-order valence-electron chi connectivity index (χ0n) is 19.8. The summed E-state index contributed by atoms with van der Waals surface area (Å²) in [5, 5.41) is 2.36. The third kappa shape index (κ3) is 4.12. The van der Waals surface area contributed by atoms with Crippen LogP contribution in [0, 0.1) is 0 Å². The Hall–Kier alpha value is -3.19. The van der Waals surface area contributed by atoms with Crippen LogP contribution in [-0.4, -0.2) is 52.3 Å². The number of rotatable bonds is 5. The van der Waals surface area contributed by atoms with Crippen molar-refractivity contribution in [2.24, 2.45) is 0 Å². The molecule has 1 aliphatic carbocycles. The van der Waals surface area contributed by atoms with Crippen LogP contribution < -0.4 is 10.1 Å². The Kier molecular flexibility index (Phi) is 5.80. The van der Waals surface area contributed by atoms with Crippen molar-refractivity contribution in [3.63, 3.8) is 0 Å². The summed E-state index contributed by atoms with van der Waals surface area (Å²) in [5.41, 5.74) is 2.89. The van der Waals surface area contributed by atoms with Crippen LogP contribution in [0.1, 0.15) is 72.5 Å². The summed E-state index contributed by atoms with van der Waals surface area (Å²) in [5.74, 6) is -0.0190. The van der Waals surface area contributed by atoms with Crippen molar-refractivity contribution < 1.29 is 19.1 Å². The van der Waals surface area contributed by atoms with Gasteiger partial charge in [0.2, 0.25) is 11.8 Å². The third-order valence-electron chi connectivity index (χ3n) is 8.12. The molecule has 2 aromatic rings. The smallest absolute Gasteiger partial charge is 0.255 e. The highest BCUT2D eigenvalue weighted by molar-refractivity contribution is 6.05. The fourth-order valence-electron chi connectivity index (χ4n) is 6.23. The van der Waals surface area contributed by atoms with E-state index in [-0.39, 0.29) is 30.2 Å². The van der Waals surface area contributed by atoms with Crippen LogP contribution in [0.3, 0.4) is 0 Å². The van der Waals surface area contributed by atoms with E-state index in [0.29, 0.717) is 30.6 Å². The van der Waals surface area contributed by atoms with Gasteiger partial charge in [0.15, 0.2) is 0 Å². The molecule has 35 heavy (non-hydrogen) atoms. The first kappa shape index (κ1) is 22.3. The van der Waals surface area contributed by atoms with Crippen LogP contribution in [0.5, 0.6) is 5.75 Å². The second-order valence-electron chi connectivity index (χ2n) is 10.2. The molecule has 7 nitrogen and oxygen atoms in total. The summed E-state index contributed by atoms with van der Waals surface area (Å²) in [6.45, 7) is 1.47. The Morgan fingerprint density at radius 3 is 2.49 bits per heavy atom. The number of likely N-dealkylation sites (tertiary alicyclic amines) is 1. The third-order valence-corrected chi connectivity index (χ3v) is 8.12. The number of amides is 3. The summed E-state index contributed by atoms with van der Waals surface area (Å²) in [7, 11) is 0. The summed E-state index contributed by atoms with van der Waals surface area (Å²) < 4.78 is 6.59. The number of hydrogen-bond acceptors (Lipinski definition) is 5. The molecule has 2 saturated heterocycles. The maximum atomic E-state index is 13.0. The second-order valence-corrected chi connectivity index (χ2v) is 10.2. The van der Waals surface area contributed by atoms with Gasteiger partial charge in [-0.15, -0.1) is 0 Å². The molecule has 3 fully saturated rings. The van der Waals surface area contributed by atoms with Crippen molar-refractivity contribution in [2.75, 3.05) is 6.54 Å². The van der Waals surface area contributed by atoms with Gasteiger partial charge in [0.05, 0.1) is 0 Å². The first-order valence-corrected chi connectivity index (χ1v) is 12.8. The minimum atomic E-state index is -0.596. The van der Waals surface area contributed by atoms with E-state index in [2.05, 4.69) is 40.5 Å². The normalized spacial score (nSPS) is 28.9. The Morgan fingerprint density at radius 1 is 0.886 bits per heavy atom. The summed E-state index contributed by atoms with van der Waals surface area (Å²) in [4.78, 5) is 41.0. The quantitative estimate of drug-likeness (QED) is 0.672. The lowest BCUT2D eigenvalue weighted by Crippen LogP contribution is -2.55. The van der Waals surface area contributed by atoms with Gasteiger partial charge in [-0.1, -0.05) is 36.8 Å². The zero-order valence-corrected chi connectivity index (χ0v) is 19.8. The zero-order chi connectivity index (χ0) is 23.9. The average molecular weight is 474 g/mol. The number of nitrogens with zero attached hydrogens (tertiary/aromatic N) is 2. The average Bonchev–Trinajstić information content (AvgIpc) is 3.16. The van der Waals surface area contributed by atoms with E-state index < -0.39 is 6.04 Å². The molecule has 3 heterocycles. The highest BCUT2D eigenvalue weighted by Crippen LogP contribution is 2.40. The standard InChI is InChI=1S/C28H31N3O4/c32-26-13-12-24(27(33)29-26)31-17-19-16-20(10-11-21(19)28(31)34)35-25-9-5-4-8-23(25)30-15-14-22(30)18-6-2-1-3-7-18/h1-3,6-7,10-11,16,22-25H,4-5,8-9,12-15,17H2,(H,29,32,33)/t22-,23-,24?,25-/m0/s1. The molecular formula is C28H31N3O4. The fourth-order valence-corrected chi connectivity index (χ4v) is 6.23. The number of hydrogen-bond donors (Lipinski definition) is 1. The number of benzene rings is 2. The van der Waals surface area contributed by atoms with Gasteiger partial charge in [0, 0.05) is 37.2 Å². The Morgan fingerprint density at radius 2 is 1.71 bits per heavy atom. The van der Waals surface area contributed by atoms with Gasteiger partial charge >= 0.3 is 0 Å². The van der Waals surface area contributed by atoms with Gasteiger partial charge in [-0.05, 0) is 61.4 Å². The van der Waals surface area contributed by atoms with Gasteiger partial charge < -0.3 is 9.64 Å². The van der Waals surface area contributed by atoms with Gasteiger partial charge in [-0.3, -0.25) is 24.6 Å². The summed E-state index contributed by atoms with van der Waals surface area (Å²) in [6.07, 6.45) is 6.49. The predicted molar refractivity (Wildman–Crippen MR) is 130 cm³/mol. The maximum Gasteiger partial charge on any atom is 0.255 e. The number of piperidine rings is 1. The van der Waals surface area contributed by atoms with E-state index in [1.165, 1.54) is 18.4 Å². The minimum absolute atomic E-state index is 0.122. The van der Waals surface area contributed by atoms with Crippen molar-refractivity contribution in [3.05, 3.63) is 65.2 Å². The molecule has 2 aromatic carbocycles. The van der Waals surface area contributed by atoms with E-state index in [0.717, 1.165) is 37.1 Å². The number of carbonyl (C=O) groups is 3. The van der Waals surface area contributed by atoms with E-state index in [4.69, 9.17) is 4.74 Å². The molecule has 0 radical (unpaired) electrons. The van der Waals surface area contributed by atoms with Crippen LogP contribution in [0.15, 0.2) is 48.5 Å². The van der Waals surface area contributed by atoms with Crippen molar-refractivity contribution in [1.29, 1.82) is 0 Å². The SMILES string of the molecule is O=C1CCC(N2Cc3cc(O[C@H]4CCCC[C@@H]4N4CC[C@H]4c4ccccc4)ccc3C2=O)C(=O)N1. The van der Waals surface area contributed by atoms with Crippen molar-refractivity contribution >= 4 is 17.7 Å². The van der Waals surface area contributed by atoms with E-state index in [9.17, 15) is 14.4 Å². The molecule has 3 aliphatic heterocycles. The molecule has 4 aliphatic rings. The highest BCUT2D eigenvalue weighted by atomic mass is 16.5. The molecular weight excluding hydrogens is 442 g/mol. The minimum Gasteiger partial charge on any atom is -0.489 e. The van der Waals surface area contributed by atoms with Gasteiger partial charge in [0.25, 0.3) is 5.91 Å². The number of imide groups is 1. The molecule has 7 heteroatoms. The van der Waals surface area contributed by atoms with Crippen LogP contribution in [-0.2, 0) is 16.1 Å².